The summed E-state index contributed by atoms with van der Waals surface area (Å²) in [5, 5.41) is 1.89. The highest BCUT2D eigenvalue weighted by atomic mass is 16.5. The third-order valence-corrected chi connectivity index (χ3v) is 3.07. The number of ether oxygens (including phenoxy) is 1. The van der Waals surface area contributed by atoms with E-state index < -0.39 is 0 Å². The summed E-state index contributed by atoms with van der Waals surface area (Å²) in [4.78, 5) is 9.75. The van der Waals surface area contributed by atoms with E-state index in [1.165, 1.54) is 0 Å². The third kappa shape index (κ3) is 2.40. The Balaban J connectivity index is 2.07. The van der Waals surface area contributed by atoms with Crippen molar-refractivity contribution in [2.75, 3.05) is 6.61 Å². The standard InChI is InChI=1S/C16H17N3O/c1-3-20-16-10-14(13-5-4-8-17-13)19-15(16)9-12-7-6-11(2)18-12/h4-10,17-19H,2-3H2,1H3. The van der Waals surface area contributed by atoms with Gasteiger partial charge in [-0.2, -0.15) is 0 Å². The molecule has 20 heavy (non-hydrogen) atoms. The molecule has 3 aromatic rings. The topological polar surface area (TPSA) is 56.6 Å². The monoisotopic (exact) mass is 267 g/mol. The number of aromatic amines is 3. The fourth-order valence-corrected chi connectivity index (χ4v) is 2.18. The molecule has 0 saturated carbocycles. The van der Waals surface area contributed by atoms with Crippen LogP contribution in [0.2, 0.25) is 0 Å². The first-order valence-corrected chi connectivity index (χ1v) is 6.61. The van der Waals surface area contributed by atoms with Crippen LogP contribution >= 0.6 is 0 Å². The maximum Gasteiger partial charge on any atom is 0.144 e. The van der Waals surface area contributed by atoms with E-state index in [9.17, 15) is 0 Å². The first kappa shape index (κ1) is 12.4. The Morgan fingerprint density at radius 1 is 1.20 bits per heavy atom. The average molecular weight is 267 g/mol. The van der Waals surface area contributed by atoms with Crippen molar-refractivity contribution in [3.8, 4) is 17.1 Å². The molecule has 0 aliphatic carbocycles. The van der Waals surface area contributed by atoms with Crippen LogP contribution in [0, 0.1) is 0 Å². The van der Waals surface area contributed by atoms with Crippen LogP contribution in [0.25, 0.3) is 24.0 Å². The quantitative estimate of drug-likeness (QED) is 0.665. The molecule has 3 N–H and O–H groups in total. The van der Waals surface area contributed by atoms with Gasteiger partial charge in [-0.1, -0.05) is 6.58 Å². The van der Waals surface area contributed by atoms with E-state index in [1.54, 1.807) is 0 Å². The molecule has 0 aliphatic heterocycles. The number of H-pyrrole nitrogens is 3. The lowest BCUT2D eigenvalue weighted by Gasteiger charge is -1.99. The van der Waals surface area contributed by atoms with E-state index in [1.807, 2.05) is 49.5 Å². The van der Waals surface area contributed by atoms with Gasteiger partial charge in [0.25, 0.3) is 0 Å². The summed E-state index contributed by atoms with van der Waals surface area (Å²) in [7, 11) is 0. The Bertz CT molecular complexity index is 793. The maximum absolute atomic E-state index is 5.69. The van der Waals surface area contributed by atoms with E-state index in [-0.39, 0.29) is 0 Å². The van der Waals surface area contributed by atoms with Crippen molar-refractivity contribution in [1.29, 1.82) is 0 Å². The molecule has 4 heteroatoms. The van der Waals surface area contributed by atoms with Crippen molar-refractivity contribution < 1.29 is 4.74 Å². The van der Waals surface area contributed by atoms with E-state index >= 15 is 0 Å². The minimum absolute atomic E-state index is 0.633. The Kier molecular flexibility index (Phi) is 3.21. The molecule has 102 valence electrons. The number of rotatable bonds is 4. The van der Waals surface area contributed by atoms with Crippen molar-refractivity contribution in [3.05, 3.63) is 52.9 Å². The van der Waals surface area contributed by atoms with Crippen LogP contribution in [0.4, 0.5) is 0 Å². The molecular formula is C16H17N3O. The molecule has 0 radical (unpaired) electrons. The van der Waals surface area contributed by atoms with Crippen LogP contribution < -0.4 is 15.4 Å². The van der Waals surface area contributed by atoms with E-state index in [0.717, 1.165) is 33.5 Å². The summed E-state index contributed by atoms with van der Waals surface area (Å²) in [6.07, 6.45) is 3.92. The number of hydrogen-bond acceptors (Lipinski definition) is 1. The molecule has 0 amide bonds. The van der Waals surface area contributed by atoms with Gasteiger partial charge in [0.2, 0.25) is 0 Å². The third-order valence-electron chi connectivity index (χ3n) is 3.07. The van der Waals surface area contributed by atoms with Crippen molar-refractivity contribution >= 4 is 12.7 Å². The molecule has 0 aliphatic rings. The molecule has 0 bridgehead atoms. The molecule has 3 rings (SSSR count). The second-order valence-electron chi connectivity index (χ2n) is 4.56. The lowest BCUT2D eigenvalue weighted by Crippen LogP contribution is -2.07. The van der Waals surface area contributed by atoms with Gasteiger partial charge in [-0.05, 0) is 37.3 Å². The number of nitrogens with one attached hydrogen (secondary N) is 3. The van der Waals surface area contributed by atoms with E-state index in [2.05, 4.69) is 21.5 Å². The van der Waals surface area contributed by atoms with Gasteiger partial charge in [0, 0.05) is 23.0 Å². The van der Waals surface area contributed by atoms with Gasteiger partial charge in [0.1, 0.15) is 5.75 Å². The normalized spacial score (nSPS) is 11.9. The predicted molar refractivity (Wildman–Crippen MR) is 80.9 cm³/mol. The average Bonchev–Trinajstić information content (AvgIpc) is 3.12. The van der Waals surface area contributed by atoms with Crippen molar-refractivity contribution in [3.63, 3.8) is 0 Å². The molecule has 0 spiro atoms. The van der Waals surface area contributed by atoms with Gasteiger partial charge < -0.3 is 19.7 Å². The van der Waals surface area contributed by atoms with Crippen molar-refractivity contribution in [2.45, 2.75) is 6.92 Å². The SMILES string of the molecule is C=c1ccc(=Cc2[nH]c(-c3ccc[nH]3)cc2OCC)[nH]1. The van der Waals surface area contributed by atoms with E-state index in [4.69, 9.17) is 4.74 Å². The maximum atomic E-state index is 5.69. The van der Waals surface area contributed by atoms with Crippen LogP contribution in [0.3, 0.4) is 0 Å². The summed E-state index contributed by atoms with van der Waals surface area (Å²) < 4.78 is 5.69. The van der Waals surface area contributed by atoms with Gasteiger partial charge in [0.15, 0.2) is 0 Å². The Hall–Kier alpha value is -2.62. The highest BCUT2D eigenvalue weighted by Gasteiger charge is 2.09. The van der Waals surface area contributed by atoms with Gasteiger partial charge in [-0.15, -0.1) is 0 Å². The largest absolute Gasteiger partial charge is 0.492 e. The lowest BCUT2D eigenvalue weighted by molar-refractivity contribution is 0.340. The number of hydrogen-bond donors (Lipinski definition) is 3. The summed E-state index contributed by atoms with van der Waals surface area (Å²) in [6.45, 7) is 6.48. The first-order valence-electron chi connectivity index (χ1n) is 6.61. The van der Waals surface area contributed by atoms with Crippen LogP contribution in [-0.4, -0.2) is 21.6 Å². The summed E-state index contributed by atoms with van der Waals surface area (Å²) >= 11 is 0. The lowest BCUT2D eigenvalue weighted by atomic mass is 10.3. The minimum atomic E-state index is 0.633. The fraction of sp³-hybridized carbons (Fsp3) is 0.125. The minimum Gasteiger partial charge on any atom is -0.492 e. The molecule has 0 saturated heterocycles. The first-order chi connectivity index (χ1) is 9.76. The van der Waals surface area contributed by atoms with E-state index in [0.29, 0.717) is 6.61 Å². The summed E-state index contributed by atoms with van der Waals surface area (Å²) in [5.74, 6) is 0.845. The summed E-state index contributed by atoms with van der Waals surface area (Å²) in [6, 6.07) is 9.94. The molecule has 4 nitrogen and oxygen atoms in total. The zero-order chi connectivity index (χ0) is 13.9. The summed E-state index contributed by atoms with van der Waals surface area (Å²) in [5.41, 5.74) is 2.99. The van der Waals surface area contributed by atoms with Gasteiger partial charge in [-0.25, -0.2) is 0 Å². The highest BCUT2D eigenvalue weighted by Crippen LogP contribution is 2.26. The molecular weight excluding hydrogens is 250 g/mol. The predicted octanol–water partition coefficient (Wildman–Crippen LogP) is 1.98. The van der Waals surface area contributed by atoms with Crippen LogP contribution in [0.1, 0.15) is 12.6 Å². The molecule has 3 aromatic heterocycles. The van der Waals surface area contributed by atoms with Gasteiger partial charge in [-0.3, -0.25) is 0 Å². The molecule has 3 heterocycles. The van der Waals surface area contributed by atoms with Crippen LogP contribution in [0.5, 0.6) is 5.75 Å². The van der Waals surface area contributed by atoms with Crippen LogP contribution in [0.15, 0.2) is 36.5 Å². The van der Waals surface area contributed by atoms with Crippen molar-refractivity contribution in [1.82, 2.24) is 15.0 Å². The smallest absolute Gasteiger partial charge is 0.144 e. The zero-order valence-corrected chi connectivity index (χ0v) is 11.4. The van der Waals surface area contributed by atoms with Gasteiger partial charge >= 0.3 is 0 Å². The Morgan fingerprint density at radius 3 is 2.75 bits per heavy atom. The fourth-order valence-electron chi connectivity index (χ4n) is 2.18. The van der Waals surface area contributed by atoms with Crippen LogP contribution in [-0.2, 0) is 0 Å². The molecule has 0 atom stereocenters. The molecule has 0 fully saturated rings. The highest BCUT2D eigenvalue weighted by molar-refractivity contribution is 5.65. The van der Waals surface area contributed by atoms with Gasteiger partial charge in [0.05, 0.1) is 23.7 Å². The molecule has 0 aromatic carbocycles. The Labute approximate surface area is 116 Å². The Morgan fingerprint density at radius 2 is 2.10 bits per heavy atom. The second-order valence-corrected chi connectivity index (χ2v) is 4.56. The molecule has 0 unspecified atom stereocenters. The number of aromatic nitrogens is 3. The zero-order valence-electron chi connectivity index (χ0n) is 11.4. The van der Waals surface area contributed by atoms with Crippen molar-refractivity contribution in [2.24, 2.45) is 0 Å². The second kappa shape index (κ2) is 5.17.